The van der Waals surface area contributed by atoms with Crippen LogP contribution in [-0.4, -0.2) is 68.0 Å². The lowest BCUT2D eigenvalue weighted by atomic mass is 10.1. The number of allylic oxidation sites excluding steroid dienone is 1. The number of benzene rings is 2. The highest BCUT2D eigenvalue weighted by Crippen LogP contribution is 2.35. The van der Waals surface area contributed by atoms with Crippen molar-refractivity contribution in [2.45, 2.75) is 46.5 Å². The number of ether oxygens (including phenoxy) is 2. The molecule has 2 rings (SSSR count). The maximum absolute atomic E-state index is 12.5. The SMILES string of the molecule is C=CCc1cccc(Oc2ccc(C(=O)CC)cc2)c1OCCCC[N+](C)(C)CC(=O)N(CC)CC. The van der Waals surface area contributed by atoms with Crippen LogP contribution in [0.1, 0.15) is 56.0 Å². The largest absolute Gasteiger partial charge is 0.489 e. The van der Waals surface area contributed by atoms with Gasteiger partial charge in [-0.1, -0.05) is 25.1 Å². The summed E-state index contributed by atoms with van der Waals surface area (Å²) in [4.78, 5) is 26.3. The Labute approximate surface area is 217 Å². The number of Topliss-reactive ketones (excluding diaryl/α,β-unsaturated/α-hetero) is 1. The third-order valence-electron chi connectivity index (χ3n) is 6.23. The van der Waals surface area contributed by atoms with Crippen LogP contribution in [-0.2, 0) is 11.2 Å². The predicted molar refractivity (Wildman–Crippen MR) is 146 cm³/mol. The molecule has 36 heavy (non-hydrogen) atoms. The third kappa shape index (κ3) is 8.83. The molecular formula is C30H43N2O4+. The fraction of sp³-hybridized carbons (Fsp3) is 0.467. The molecule has 0 aliphatic rings. The summed E-state index contributed by atoms with van der Waals surface area (Å²) in [7, 11) is 4.21. The molecular weight excluding hydrogens is 452 g/mol. The summed E-state index contributed by atoms with van der Waals surface area (Å²) in [6.07, 6.45) is 4.82. The number of hydrogen-bond acceptors (Lipinski definition) is 4. The van der Waals surface area contributed by atoms with Crippen LogP contribution >= 0.6 is 0 Å². The molecule has 2 aromatic rings. The Morgan fingerprint density at radius 2 is 1.69 bits per heavy atom. The summed E-state index contributed by atoms with van der Waals surface area (Å²) >= 11 is 0. The quantitative estimate of drug-likeness (QED) is 0.126. The molecule has 0 fully saturated rings. The molecule has 1 amide bonds. The van der Waals surface area contributed by atoms with Crippen LogP contribution < -0.4 is 9.47 Å². The van der Waals surface area contributed by atoms with E-state index in [0.717, 1.165) is 43.8 Å². The number of ketones is 1. The van der Waals surface area contributed by atoms with E-state index in [1.807, 2.05) is 62.1 Å². The number of quaternary nitrogens is 1. The number of para-hydroxylation sites is 1. The minimum Gasteiger partial charge on any atom is -0.489 e. The van der Waals surface area contributed by atoms with Crippen molar-refractivity contribution in [3.05, 3.63) is 66.2 Å². The fourth-order valence-corrected chi connectivity index (χ4v) is 4.10. The first kappa shape index (κ1) is 29.1. The zero-order valence-electron chi connectivity index (χ0n) is 22.7. The lowest BCUT2D eigenvalue weighted by Crippen LogP contribution is -2.49. The van der Waals surface area contributed by atoms with E-state index in [1.165, 1.54) is 0 Å². The van der Waals surface area contributed by atoms with Crippen molar-refractivity contribution in [2.24, 2.45) is 0 Å². The lowest BCUT2D eigenvalue weighted by Gasteiger charge is -2.31. The number of carbonyl (C=O) groups excluding carboxylic acids is 2. The molecule has 0 heterocycles. The Morgan fingerprint density at radius 3 is 2.31 bits per heavy atom. The number of rotatable bonds is 16. The van der Waals surface area contributed by atoms with Crippen molar-refractivity contribution < 1.29 is 23.5 Å². The van der Waals surface area contributed by atoms with E-state index in [9.17, 15) is 9.59 Å². The van der Waals surface area contributed by atoms with Crippen molar-refractivity contribution >= 4 is 11.7 Å². The number of carbonyl (C=O) groups is 2. The molecule has 0 aliphatic heterocycles. The molecule has 0 spiro atoms. The number of unbranched alkanes of at least 4 members (excludes halogenated alkanes) is 1. The van der Waals surface area contributed by atoms with Gasteiger partial charge in [0.2, 0.25) is 0 Å². The molecule has 0 atom stereocenters. The molecule has 0 bridgehead atoms. The molecule has 196 valence electrons. The average Bonchev–Trinajstić information content (AvgIpc) is 2.85. The van der Waals surface area contributed by atoms with E-state index in [-0.39, 0.29) is 11.7 Å². The van der Waals surface area contributed by atoms with Gasteiger partial charge < -0.3 is 18.9 Å². The van der Waals surface area contributed by atoms with Gasteiger partial charge in [0.05, 0.1) is 27.2 Å². The van der Waals surface area contributed by atoms with Crippen LogP contribution in [0.25, 0.3) is 0 Å². The monoisotopic (exact) mass is 495 g/mol. The smallest absolute Gasteiger partial charge is 0.277 e. The summed E-state index contributed by atoms with van der Waals surface area (Å²) in [6, 6.07) is 13.1. The van der Waals surface area contributed by atoms with Crippen LogP contribution in [0.15, 0.2) is 55.1 Å². The van der Waals surface area contributed by atoms with Crippen molar-refractivity contribution in [3.8, 4) is 17.2 Å². The average molecular weight is 496 g/mol. The molecule has 0 aromatic heterocycles. The summed E-state index contributed by atoms with van der Waals surface area (Å²) < 4.78 is 13.0. The van der Waals surface area contributed by atoms with E-state index in [2.05, 4.69) is 20.7 Å². The highest BCUT2D eigenvalue weighted by molar-refractivity contribution is 5.95. The van der Waals surface area contributed by atoms with Gasteiger partial charge in [-0.15, -0.1) is 6.58 Å². The van der Waals surface area contributed by atoms with E-state index in [1.54, 1.807) is 12.1 Å². The Bertz CT molecular complexity index is 995. The first-order valence-corrected chi connectivity index (χ1v) is 13.0. The molecule has 0 unspecified atom stereocenters. The number of amides is 1. The molecule has 0 radical (unpaired) electrons. The van der Waals surface area contributed by atoms with Gasteiger partial charge in [-0.25, -0.2) is 0 Å². The lowest BCUT2D eigenvalue weighted by molar-refractivity contribution is -0.883. The Hall–Kier alpha value is -3.12. The van der Waals surface area contributed by atoms with Gasteiger partial charge in [0.15, 0.2) is 23.8 Å². The number of hydrogen-bond donors (Lipinski definition) is 0. The third-order valence-corrected chi connectivity index (χ3v) is 6.23. The van der Waals surface area contributed by atoms with Gasteiger partial charge in [0.25, 0.3) is 5.91 Å². The zero-order chi connectivity index (χ0) is 26.6. The molecule has 6 heteroatoms. The molecule has 0 N–H and O–H groups in total. The van der Waals surface area contributed by atoms with Crippen LogP contribution in [0.5, 0.6) is 17.2 Å². The van der Waals surface area contributed by atoms with Gasteiger partial charge >= 0.3 is 0 Å². The van der Waals surface area contributed by atoms with Crippen LogP contribution in [0, 0.1) is 0 Å². The second-order valence-corrected chi connectivity index (χ2v) is 9.58. The summed E-state index contributed by atoms with van der Waals surface area (Å²) in [5, 5.41) is 0. The Kier molecular flexibility index (Phi) is 11.7. The van der Waals surface area contributed by atoms with Crippen LogP contribution in [0.4, 0.5) is 0 Å². The van der Waals surface area contributed by atoms with E-state index >= 15 is 0 Å². The van der Waals surface area contributed by atoms with Gasteiger partial charge in [-0.2, -0.15) is 0 Å². The summed E-state index contributed by atoms with van der Waals surface area (Å²) in [5.41, 5.74) is 1.70. The fourth-order valence-electron chi connectivity index (χ4n) is 4.10. The molecule has 2 aromatic carbocycles. The maximum atomic E-state index is 12.5. The Balaban J connectivity index is 1.99. The molecule has 0 saturated heterocycles. The van der Waals surface area contributed by atoms with Crippen molar-refractivity contribution in [1.29, 1.82) is 0 Å². The predicted octanol–water partition coefficient (Wildman–Crippen LogP) is 5.90. The summed E-state index contributed by atoms with van der Waals surface area (Å²) in [5.74, 6) is 2.33. The summed E-state index contributed by atoms with van der Waals surface area (Å²) in [6.45, 7) is 13.2. The minimum atomic E-state index is 0.109. The van der Waals surface area contributed by atoms with Crippen molar-refractivity contribution in [1.82, 2.24) is 4.90 Å². The topological polar surface area (TPSA) is 55.8 Å². The van der Waals surface area contributed by atoms with Gasteiger partial charge in [-0.3, -0.25) is 9.59 Å². The van der Waals surface area contributed by atoms with E-state index in [0.29, 0.717) is 47.5 Å². The second kappa shape index (κ2) is 14.4. The Morgan fingerprint density at radius 1 is 1.00 bits per heavy atom. The maximum Gasteiger partial charge on any atom is 0.277 e. The highest BCUT2D eigenvalue weighted by atomic mass is 16.5. The van der Waals surface area contributed by atoms with E-state index in [4.69, 9.17) is 9.47 Å². The van der Waals surface area contributed by atoms with Crippen LogP contribution in [0.2, 0.25) is 0 Å². The van der Waals surface area contributed by atoms with Crippen molar-refractivity contribution in [3.63, 3.8) is 0 Å². The van der Waals surface area contributed by atoms with Gasteiger partial charge in [0.1, 0.15) is 5.75 Å². The number of nitrogens with zero attached hydrogens (tertiary/aromatic N) is 2. The van der Waals surface area contributed by atoms with Crippen LogP contribution in [0.3, 0.4) is 0 Å². The molecule has 0 aliphatic carbocycles. The first-order valence-electron chi connectivity index (χ1n) is 13.0. The molecule has 0 saturated carbocycles. The molecule has 6 nitrogen and oxygen atoms in total. The minimum absolute atomic E-state index is 0.109. The highest BCUT2D eigenvalue weighted by Gasteiger charge is 2.22. The van der Waals surface area contributed by atoms with E-state index < -0.39 is 0 Å². The number of likely N-dealkylation sites (N-methyl/N-ethyl adjacent to an activating group) is 2. The standard InChI is InChI=1S/C30H43N2O4/c1-7-14-25-15-13-16-28(36-26-19-17-24(18-20-26)27(33)8-2)30(25)35-22-12-11-21-32(5,6)23-29(34)31(9-3)10-4/h7,13,15-20H,1,8-12,14,21-23H2,2-6H3/q+1. The second-order valence-electron chi connectivity index (χ2n) is 9.58. The zero-order valence-corrected chi connectivity index (χ0v) is 22.7. The first-order chi connectivity index (χ1) is 17.2. The normalized spacial score (nSPS) is 11.1. The van der Waals surface area contributed by atoms with Gasteiger partial charge in [-0.05, 0) is 63.4 Å². The van der Waals surface area contributed by atoms with Crippen molar-refractivity contribution in [2.75, 3.05) is 46.9 Å². The van der Waals surface area contributed by atoms with Gasteiger partial charge in [0, 0.05) is 30.6 Å².